The molecule has 0 atom stereocenters. The lowest BCUT2D eigenvalue weighted by atomic mass is 9.95. The zero-order valence-corrected chi connectivity index (χ0v) is 15.8. The minimum atomic E-state index is -0.872. The second-order valence-corrected chi connectivity index (χ2v) is 7.60. The van der Waals surface area contributed by atoms with Gasteiger partial charge in [-0.1, -0.05) is 42.5 Å². The summed E-state index contributed by atoms with van der Waals surface area (Å²) in [6.07, 6.45) is 5.81. The Morgan fingerprint density at radius 2 is 1.79 bits per heavy atom. The number of rotatable bonds is 3. The molecule has 0 amide bonds. The summed E-state index contributed by atoms with van der Waals surface area (Å²) in [7, 11) is 0. The Labute approximate surface area is 162 Å². The van der Waals surface area contributed by atoms with Crippen molar-refractivity contribution in [3.63, 3.8) is 0 Å². The topological polar surface area (TPSA) is 50.7 Å². The lowest BCUT2D eigenvalue weighted by Crippen LogP contribution is -2.15. The third-order valence-electron chi connectivity index (χ3n) is 5.10. The molecule has 0 aliphatic rings. The van der Waals surface area contributed by atoms with Crippen molar-refractivity contribution in [2.24, 2.45) is 0 Å². The van der Waals surface area contributed by atoms with Gasteiger partial charge < -0.3 is 13.9 Å². The van der Waals surface area contributed by atoms with Crippen molar-refractivity contribution in [2.45, 2.75) is 19.4 Å². The molecule has 0 saturated heterocycles. The van der Waals surface area contributed by atoms with Crippen molar-refractivity contribution >= 4 is 16.4 Å². The monoisotopic (exact) mass is 368 g/mol. The van der Waals surface area contributed by atoms with Gasteiger partial charge in [-0.25, -0.2) is 4.98 Å². The number of benzene rings is 2. The molecule has 3 heterocycles. The van der Waals surface area contributed by atoms with Crippen LogP contribution in [0, 0.1) is 0 Å². The highest BCUT2D eigenvalue weighted by Gasteiger charge is 2.17. The molecule has 138 valence electrons. The van der Waals surface area contributed by atoms with Crippen LogP contribution < -0.4 is 0 Å². The second-order valence-electron chi connectivity index (χ2n) is 7.60. The molecule has 5 rings (SSSR count). The van der Waals surface area contributed by atoms with Crippen LogP contribution in [0.3, 0.4) is 0 Å². The van der Waals surface area contributed by atoms with Crippen LogP contribution in [0.15, 0.2) is 83.7 Å². The first kappa shape index (κ1) is 16.8. The summed E-state index contributed by atoms with van der Waals surface area (Å²) in [4.78, 5) is 4.73. The van der Waals surface area contributed by atoms with Gasteiger partial charge in [-0.2, -0.15) is 0 Å². The molecule has 0 unspecified atom stereocenters. The van der Waals surface area contributed by atoms with Gasteiger partial charge in [-0.05, 0) is 48.7 Å². The predicted molar refractivity (Wildman–Crippen MR) is 111 cm³/mol. The zero-order chi connectivity index (χ0) is 19.3. The molecule has 0 fully saturated rings. The Hall–Kier alpha value is -3.37. The molecule has 0 aliphatic heterocycles. The van der Waals surface area contributed by atoms with Gasteiger partial charge in [0.05, 0.1) is 11.9 Å². The van der Waals surface area contributed by atoms with Gasteiger partial charge in [-0.3, -0.25) is 0 Å². The van der Waals surface area contributed by atoms with E-state index in [1.807, 2.05) is 65.2 Å². The van der Waals surface area contributed by atoms with Crippen molar-refractivity contribution in [3.8, 4) is 22.6 Å². The molecule has 5 aromatic rings. The number of aromatic nitrogens is 2. The summed E-state index contributed by atoms with van der Waals surface area (Å²) in [5.74, 6) is 0.782. The largest absolute Gasteiger partial charge is 0.461 e. The van der Waals surface area contributed by atoms with E-state index in [1.165, 1.54) is 0 Å². The Bertz CT molecular complexity index is 1310. The highest BCUT2D eigenvalue weighted by atomic mass is 16.3. The number of hydrogen-bond acceptors (Lipinski definition) is 3. The minimum absolute atomic E-state index is 0.782. The summed E-state index contributed by atoms with van der Waals surface area (Å²) < 4.78 is 7.81. The van der Waals surface area contributed by atoms with E-state index < -0.39 is 5.60 Å². The van der Waals surface area contributed by atoms with E-state index in [1.54, 1.807) is 20.1 Å². The number of hydrogen-bond donors (Lipinski definition) is 1. The van der Waals surface area contributed by atoms with Gasteiger partial charge in [0.15, 0.2) is 5.76 Å². The number of imidazole rings is 1. The van der Waals surface area contributed by atoms with Crippen LogP contribution in [-0.2, 0) is 5.60 Å². The summed E-state index contributed by atoms with van der Waals surface area (Å²) in [5.41, 5.74) is 3.80. The highest BCUT2D eigenvalue weighted by Crippen LogP contribution is 2.31. The molecule has 4 nitrogen and oxygen atoms in total. The van der Waals surface area contributed by atoms with Gasteiger partial charge in [0.25, 0.3) is 0 Å². The van der Waals surface area contributed by atoms with Gasteiger partial charge in [0.1, 0.15) is 11.3 Å². The van der Waals surface area contributed by atoms with Crippen LogP contribution in [0.1, 0.15) is 19.4 Å². The fraction of sp³-hybridized carbons (Fsp3) is 0.125. The standard InChI is InChI=1S/C24H20N2O2/c1-24(2,27)19-8-5-7-16(12-19)17-10-11-22-25-21(14-26(22)13-17)23-20-9-4-3-6-18(20)15-28-23/h3-15,27H,1-2H3. The smallest absolute Gasteiger partial charge is 0.161 e. The van der Waals surface area contributed by atoms with E-state index in [2.05, 4.69) is 12.3 Å². The summed E-state index contributed by atoms with van der Waals surface area (Å²) in [5, 5.41) is 12.4. The van der Waals surface area contributed by atoms with Gasteiger partial charge in [0.2, 0.25) is 0 Å². The fourth-order valence-electron chi connectivity index (χ4n) is 3.54. The van der Waals surface area contributed by atoms with E-state index in [0.29, 0.717) is 0 Å². The van der Waals surface area contributed by atoms with Crippen molar-refractivity contribution in [3.05, 3.63) is 84.9 Å². The van der Waals surface area contributed by atoms with Crippen LogP contribution in [0.25, 0.3) is 39.0 Å². The Morgan fingerprint density at radius 1 is 0.929 bits per heavy atom. The van der Waals surface area contributed by atoms with Crippen LogP contribution in [-0.4, -0.2) is 14.5 Å². The minimum Gasteiger partial charge on any atom is -0.461 e. The predicted octanol–water partition coefficient (Wildman–Crippen LogP) is 5.64. The van der Waals surface area contributed by atoms with Crippen molar-refractivity contribution in [2.75, 3.05) is 0 Å². The molecule has 0 radical (unpaired) electrons. The molecule has 28 heavy (non-hydrogen) atoms. The number of pyridine rings is 1. The summed E-state index contributed by atoms with van der Waals surface area (Å²) in [6, 6.07) is 20.1. The molecule has 0 bridgehead atoms. The average molecular weight is 368 g/mol. The van der Waals surface area contributed by atoms with Crippen molar-refractivity contribution < 1.29 is 9.52 Å². The highest BCUT2D eigenvalue weighted by molar-refractivity contribution is 5.93. The quantitative estimate of drug-likeness (QED) is 0.448. The van der Waals surface area contributed by atoms with Crippen LogP contribution in [0.2, 0.25) is 0 Å². The second kappa shape index (κ2) is 6.08. The summed E-state index contributed by atoms with van der Waals surface area (Å²) in [6.45, 7) is 3.59. The van der Waals surface area contributed by atoms with Gasteiger partial charge >= 0.3 is 0 Å². The average Bonchev–Trinajstić information content (AvgIpc) is 3.30. The Morgan fingerprint density at radius 3 is 2.64 bits per heavy atom. The maximum atomic E-state index is 10.3. The van der Waals surface area contributed by atoms with E-state index in [-0.39, 0.29) is 0 Å². The molecular formula is C24H20N2O2. The molecule has 2 aromatic carbocycles. The van der Waals surface area contributed by atoms with Gasteiger partial charge in [0, 0.05) is 23.2 Å². The molecule has 0 aliphatic carbocycles. The first-order valence-electron chi connectivity index (χ1n) is 9.28. The Kier molecular flexibility index (Phi) is 3.64. The molecule has 0 spiro atoms. The molecule has 4 heteroatoms. The lowest BCUT2D eigenvalue weighted by Gasteiger charge is -2.18. The normalized spacial score (nSPS) is 12.1. The molecule has 3 aromatic heterocycles. The van der Waals surface area contributed by atoms with Crippen molar-refractivity contribution in [1.29, 1.82) is 0 Å². The van der Waals surface area contributed by atoms with Crippen LogP contribution in [0.5, 0.6) is 0 Å². The maximum absolute atomic E-state index is 10.3. The van der Waals surface area contributed by atoms with Crippen LogP contribution >= 0.6 is 0 Å². The SMILES string of the molecule is CC(C)(O)c1cccc(-c2ccc3nc(-c4occ5ccccc45)cn3c2)c1. The van der Waals surface area contributed by atoms with E-state index >= 15 is 0 Å². The van der Waals surface area contributed by atoms with Gasteiger partial charge in [-0.15, -0.1) is 0 Å². The third kappa shape index (κ3) is 2.79. The first-order chi connectivity index (χ1) is 13.5. The van der Waals surface area contributed by atoms with Crippen LogP contribution in [0.4, 0.5) is 0 Å². The molecule has 1 N–H and O–H groups in total. The number of furan rings is 1. The zero-order valence-electron chi connectivity index (χ0n) is 15.8. The van der Waals surface area contributed by atoms with E-state index in [9.17, 15) is 5.11 Å². The number of fused-ring (bicyclic) bond motifs is 2. The van der Waals surface area contributed by atoms with E-state index in [4.69, 9.17) is 9.40 Å². The van der Waals surface area contributed by atoms with E-state index in [0.717, 1.165) is 44.6 Å². The van der Waals surface area contributed by atoms with Crippen molar-refractivity contribution in [1.82, 2.24) is 9.38 Å². The Balaban J connectivity index is 1.60. The molecule has 0 saturated carbocycles. The first-order valence-corrected chi connectivity index (χ1v) is 9.28. The number of nitrogens with zero attached hydrogens (tertiary/aromatic N) is 2. The lowest BCUT2D eigenvalue weighted by molar-refractivity contribution is 0.0786. The molecular weight excluding hydrogens is 348 g/mol. The third-order valence-corrected chi connectivity index (χ3v) is 5.10. The maximum Gasteiger partial charge on any atom is 0.161 e. The fourth-order valence-corrected chi connectivity index (χ4v) is 3.54. The summed E-state index contributed by atoms with van der Waals surface area (Å²) >= 11 is 0. The number of aliphatic hydroxyl groups is 1.